The van der Waals surface area contributed by atoms with Gasteiger partial charge in [0.25, 0.3) is 5.91 Å². The molecule has 27 heavy (non-hydrogen) atoms. The molecular weight excluding hydrogens is 336 g/mol. The average Bonchev–Trinajstić information content (AvgIpc) is 2.74. The first kappa shape index (κ1) is 17.2. The molecule has 1 N–H and O–H groups in total. The van der Waals surface area contributed by atoms with Crippen LogP contribution < -0.4 is 10.2 Å². The van der Waals surface area contributed by atoms with Crippen LogP contribution in [0.3, 0.4) is 0 Å². The average molecular weight is 358 g/mol. The van der Waals surface area contributed by atoms with Crippen LogP contribution in [-0.2, 0) is 13.0 Å². The molecule has 0 bridgehead atoms. The van der Waals surface area contributed by atoms with Crippen LogP contribution in [0.5, 0.6) is 0 Å². The number of nitrogens with one attached hydrogen (secondary N) is 1. The highest BCUT2D eigenvalue weighted by Crippen LogP contribution is 2.22. The quantitative estimate of drug-likeness (QED) is 0.775. The Morgan fingerprint density at radius 1 is 1.04 bits per heavy atom. The molecule has 0 fully saturated rings. The molecule has 0 radical (unpaired) electrons. The van der Waals surface area contributed by atoms with Gasteiger partial charge in [-0.1, -0.05) is 54.6 Å². The molecule has 1 aromatic heterocycles. The van der Waals surface area contributed by atoms with Crippen molar-refractivity contribution in [2.45, 2.75) is 25.9 Å². The molecule has 3 aromatic rings. The van der Waals surface area contributed by atoms with Crippen LogP contribution in [0.25, 0.3) is 0 Å². The molecule has 5 heteroatoms. The largest absolute Gasteiger partial charge is 0.344 e. The molecule has 5 nitrogen and oxygen atoms in total. The zero-order valence-corrected chi connectivity index (χ0v) is 15.3. The number of rotatable bonds is 4. The number of nitrogens with zero attached hydrogens (tertiary/aromatic N) is 3. The van der Waals surface area contributed by atoms with Gasteiger partial charge in [-0.25, -0.2) is 9.97 Å². The molecule has 4 rings (SSSR count). The van der Waals surface area contributed by atoms with Gasteiger partial charge in [0.15, 0.2) is 0 Å². The summed E-state index contributed by atoms with van der Waals surface area (Å²) in [6.07, 6.45) is 2.62. The third-order valence-corrected chi connectivity index (χ3v) is 4.94. The van der Waals surface area contributed by atoms with Gasteiger partial charge in [0.2, 0.25) is 5.95 Å². The van der Waals surface area contributed by atoms with Gasteiger partial charge in [-0.15, -0.1) is 0 Å². The van der Waals surface area contributed by atoms with Crippen molar-refractivity contribution in [3.05, 3.63) is 89.2 Å². The molecule has 0 saturated heterocycles. The van der Waals surface area contributed by atoms with Gasteiger partial charge >= 0.3 is 0 Å². The van der Waals surface area contributed by atoms with Crippen LogP contribution in [0, 0.1) is 0 Å². The van der Waals surface area contributed by atoms with Crippen LogP contribution in [0.1, 0.15) is 40.1 Å². The van der Waals surface area contributed by atoms with Gasteiger partial charge in [0, 0.05) is 19.3 Å². The Labute approximate surface area is 159 Å². The van der Waals surface area contributed by atoms with Gasteiger partial charge in [0.05, 0.1) is 6.04 Å². The summed E-state index contributed by atoms with van der Waals surface area (Å²) in [5.74, 6) is 0.414. The summed E-state index contributed by atoms with van der Waals surface area (Å²) in [4.78, 5) is 23.7. The monoisotopic (exact) mass is 358 g/mol. The zero-order valence-electron chi connectivity index (χ0n) is 15.3. The highest BCUT2D eigenvalue weighted by atomic mass is 16.1. The van der Waals surface area contributed by atoms with E-state index < -0.39 is 0 Å². The van der Waals surface area contributed by atoms with E-state index in [-0.39, 0.29) is 11.9 Å². The summed E-state index contributed by atoms with van der Waals surface area (Å²) < 4.78 is 0. The Hall–Kier alpha value is -3.21. The van der Waals surface area contributed by atoms with Crippen LogP contribution in [-0.4, -0.2) is 22.4 Å². The fraction of sp³-hybridized carbons (Fsp3) is 0.227. The lowest BCUT2D eigenvalue weighted by molar-refractivity contribution is 0.0934. The molecule has 0 saturated carbocycles. The highest BCUT2D eigenvalue weighted by molar-refractivity contribution is 5.92. The number of fused-ring (bicyclic) bond motifs is 1. The number of carbonyl (C=O) groups is 1. The molecular formula is C22H22N4O. The summed E-state index contributed by atoms with van der Waals surface area (Å²) in [5.41, 5.74) is 4.12. The highest BCUT2D eigenvalue weighted by Gasteiger charge is 2.20. The van der Waals surface area contributed by atoms with E-state index in [2.05, 4.69) is 44.5 Å². The lowest BCUT2D eigenvalue weighted by Crippen LogP contribution is -2.33. The second-order valence-corrected chi connectivity index (χ2v) is 6.79. The van der Waals surface area contributed by atoms with E-state index in [1.165, 1.54) is 11.1 Å². The molecule has 1 aliphatic heterocycles. The van der Waals surface area contributed by atoms with Crippen molar-refractivity contribution in [3.8, 4) is 0 Å². The van der Waals surface area contributed by atoms with Gasteiger partial charge in [0.1, 0.15) is 5.69 Å². The topological polar surface area (TPSA) is 58.1 Å². The maximum atomic E-state index is 12.6. The maximum absolute atomic E-state index is 12.6. The molecule has 0 spiro atoms. The molecule has 1 unspecified atom stereocenters. The van der Waals surface area contributed by atoms with Crippen LogP contribution >= 0.6 is 0 Å². The van der Waals surface area contributed by atoms with Gasteiger partial charge in [-0.2, -0.15) is 0 Å². The minimum Gasteiger partial charge on any atom is -0.344 e. The fourth-order valence-corrected chi connectivity index (χ4v) is 3.39. The van der Waals surface area contributed by atoms with Gasteiger partial charge < -0.3 is 10.2 Å². The summed E-state index contributed by atoms with van der Waals surface area (Å²) in [6.45, 7) is 3.58. The molecule has 0 aliphatic carbocycles. The molecule has 1 atom stereocenters. The lowest BCUT2D eigenvalue weighted by Gasteiger charge is -2.28. The fourth-order valence-electron chi connectivity index (χ4n) is 3.39. The van der Waals surface area contributed by atoms with E-state index in [9.17, 15) is 4.79 Å². The molecule has 1 amide bonds. The van der Waals surface area contributed by atoms with E-state index in [4.69, 9.17) is 0 Å². The van der Waals surface area contributed by atoms with E-state index in [1.54, 1.807) is 12.3 Å². The van der Waals surface area contributed by atoms with Crippen molar-refractivity contribution in [1.29, 1.82) is 0 Å². The number of carbonyl (C=O) groups excluding carboxylic acids is 1. The zero-order chi connectivity index (χ0) is 18.6. The Kier molecular flexibility index (Phi) is 4.83. The number of benzene rings is 2. The molecule has 2 heterocycles. The van der Waals surface area contributed by atoms with Gasteiger partial charge in [-0.3, -0.25) is 4.79 Å². The van der Waals surface area contributed by atoms with Gasteiger partial charge in [-0.05, 0) is 36.1 Å². The Balaban J connectivity index is 1.49. The summed E-state index contributed by atoms with van der Waals surface area (Å²) in [7, 11) is 0. The third-order valence-electron chi connectivity index (χ3n) is 4.94. The second-order valence-electron chi connectivity index (χ2n) is 6.79. The Morgan fingerprint density at radius 3 is 2.59 bits per heavy atom. The van der Waals surface area contributed by atoms with Crippen molar-refractivity contribution in [1.82, 2.24) is 15.3 Å². The maximum Gasteiger partial charge on any atom is 0.270 e. The predicted octanol–water partition coefficient (Wildman–Crippen LogP) is 3.53. The SMILES string of the molecule is CC(NC(=O)c1ccnc(N2CCc3ccccc3C2)n1)c1ccccc1. The number of hydrogen-bond donors (Lipinski definition) is 1. The first-order chi connectivity index (χ1) is 13.2. The van der Waals surface area contributed by atoms with E-state index in [0.29, 0.717) is 11.6 Å². The number of amides is 1. The molecule has 2 aromatic carbocycles. The summed E-state index contributed by atoms with van der Waals surface area (Å²) >= 11 is 0. The normalized spacial score (nSPS) is 14.3. The van der Waals surface area contributed by atoms with Crippen LogP contribution in [0.2, 0.25) is 0 Å². The smallest absolute Gasteiger partial charge is 0.270 e. The molecule has 136 valence electrons. The predicted molar refractivity (Wildman–Crippen MR) is 106 cm³/mol. The van der Waals surface area contributed by atoms with Crippen molar-refractivity contribution in [2.75, 3.05) is 11.4 Å². The number of hydrogen-bond acceptors (Lipinski definition) is 4. The van der Waals surface area contributed by atoms with Crippen molar-refractivity contribution in [3.63, 3.8) is 0 Å². The lowest BCUT2D eigenvalue weighted by atomic mass is 10.0. The Morgan fingerprint density at radius 2 is 1.78 bits per heavy atom. The Bertz CT molecular complexity index is 942. The van der Waals surface area contributed by atoms with Crippen LogP contribution in [0.4, 0.5) is 5.95 Å². The minimum atomic E-state index is -0.188. The van der Waals surface area contributed by atoms with E-state index >= 15 is 0 Å². The summed E-state index contributed by atoms with van der Waals surface area (Å²) in [6, 6.07) is 19.9. The molecule has 1 aliphatic rings. The van der Waals surface area contributed by atoms with Crippen LogP contribution in [0.15, 0.2) is 66.9 Å². The first-order valence-electron chi connectivity index (χ1n) is 9.21. The standard InChI is InChI=1S/C22H22N4O/c1-16(17-7-3-2-4-8-17)24-21(27)20-11-13-23-22(25-20)26-14-12-18-9-5-6-10-19(18)15-26/h2-11,13,16H,12,14-15H2,1H3,(H,24,27). The number of anilines is 1. The van der Waals surface area contributed by atoms with Crippen molar-refractivity contribution in [2.24, 2.45) is 0 Å². The summed E-state index contributed by atoms with van der Waals surface area (Å²) in [5, 5.41) is 3.01. The van der Waals surface area contributed by atoms with E-state index in [0.717, 1.165) is 25.1 Å². The minimum absolute atomic E-state index is 0.0843. The van der Waals surface area contributed by atoms with E-state index in [1.807, 2.05) is 37.3 Å². The number of aromatic nitrogens is 2. The first-order valence-corrected chi connectivity index (χ1v) is 9.21. The third kappa shape index (κ3) is 3.82. The van der Waals surface area contributed by atoms with Crippen molar-refractivity contribution < 1.29 is 4.79 Å². The second kappa shape index (κ2) is 7.58. The van der Waals surface area contributed by atoms with Crippen molar-refractivity contribution >= 4 is 11.9 Å².